The first kappa shape index (κ1) is 6.68. The number of rotatable bonds is 0. The molecule has 0 aromatic heterocycles. The lowest BCUT2D eigenvalue weighted by atomic mass is 10.0. The van der Waals surface area contributed by atoms with Gasteiger partial charge in [0, 0.05) is 5.92 Å². The normalized spacial score (nSPS) is 36.9. The smallest absolute Gasteiger partial charge is 0.182 e. The van der Waals surface area contributed by atoms with Gasteiger partial charge in [-0.25, -0.2) is 4.39 Å². The van der Waals surface area contributed by atoms with Crippen LogP contribution >= 0.6 is 0 Å². The van der Waals surface area contributed by atoms with Crippen molar-refractivity contribution in [1.29, 1.82) is 0 Å². The van der Waals surface area contributed by atoms with Gasteiger partial charge in [-0.05, 0) is 0 Å². The second-order valence-electron chi connectivity index (χ2n) is 2.31. The minimum atomic E-state index is -1.38. The predicted molar refractivity (Wildman–Crippen MR) is 29.9 cm³/mol. The monoisotopic (exact) mass is 132 g/mol. The molecule has 1 saturated heterocycles. The number of Topliss-reactive ketones (excluding diaryl/α,β-unsaturated/α-hetero) is 1. The van der Waals surface area contributed by atoms with Gasteiger partial charge in [-0.1, -0.05) is 6.92 Å². The fourth-order valence-electron chi connectivity index (χ4n) is 0.821. The average molecular weight is 132 g/mol. The molecular weight excluding hydrogens is 123 g/mol. The van der Waals surface area contributed by atoms with E-state index in [2.05, 4.69) is 0 Å². The maximum Gasteiger partial charge on any atom is 0.182 e. The number of carbonyl (C=O) groups excluding carboxylic acids is 1. The van der Waals surface area contributed by atoms with E-state index < -0.39 is 6.17 Å². The van der Waals surface area contributed by atoms with Gasteiger partial charge < -0.3 is 4.74 Å². The summed E-state index contributed by atoms with van der Waals surface area (Å²) >= 11 is 0. The molecule has 0 spiro atoms. The topological polar surface area (TPSA) is 26.3 Å². The second-order valence-corrected chi connectivity index (χ2v) is 2.31. The lowest BCUT2D eigenvalue weighted by Crippen LogP contribution is -2.35. The zero-order valence-electron chi connectivity index (χ0n) is 5.26. The van der Waals surface area contributed by atoms with Gasteiger partial charge in [0.2, 0.25) is 0 Å². The first-order chi connectivity index (χ1) is 4.22. The van der Waals surface area contributed by atoms with E-state index in [1.54, 1.807) is 6.92 Å². The van der Waals surface area contributed by atoms with Crippen molar-refractivity contribution < 1.29 is 13.9 Å². The predicted octanol–water partition coefficient (Wildman–Crippen LogP) is 0.560. The Labute approximate surface area is 53.0 Å². The van der Waals surface area contributed by atoms with E-state index in [4.69, 9.17) is 4.74 Å². The summed E-state index contributed by atoms with van der Waals surface area (Å²) in [5.74, 6) is -0.574. The fraction of sp³-hybridized carbons (Fsp3) is 0.833. The standard InChI is InChI=1S/C6H9FO2/c1-4-2-9-3-5(7)6(4)8/h4-5H,2-3H2,1H3. The quantitative estimate of drug-likeness (QED) is 0.481. The molecule has 2 atom stereocenters. The van der Waals surface area contributed by atoms with E-state index in [0.717, 1.165) is 0 Å². The molecule has 1 aliphatic rings. The zero-order chi connectivity index (χ0) is 6.85. The molecule has 0 aromatic carbocycles. The molecule has 0 N–H and O–H groups in total. The summed E-state index contributed by atoms with van der Waals surface area (Å²) in [7, 11) is 0. The molecule has 0 aliphatic carbocycles. The summed E-state index contributed by atoms with van der Waals surface area (Å²) in [6.07, 6.45) is -1.38. The lowest BCUT2D eigenvalue weighted by Gasteiger charge is -2.19. The van der Waals surface area contributed by atoms with Crippen LogP contribution in [0.15, 0.2) is 0 Å². The number of ketones is 1. The molecule has 0 aromatic rings. The number of halogens is 1. The summed E-state index contributed by atoms with van der Waals surface area (Å²) in [6.45, 7) is 2.00. The van der Waals surface area contributed by atoms with E-state index in [9.17, 15) is 9.18 Å². The molecule has 9 heavy (non-hydrogen) atoms. The molecule has 1 rings (SSSR count). The van der Waals surface area contributed by atoms with Crippen molar-refractivity contribution >= 4 is 5.78 Å². The highest BCUT2D eigenvalue weighted by molar-refractivity contribution is 5.85. The summed E-state index contributed by atoms with van der Waals surface area (Å²) in [5.41, 5.74) is 0. The molecule has 1 aliphatic heterocycles. The van der Waals surface area contributed by atoms with Crippen molar-refractivity contribution in [2.24, 2.45) is 5.92 Å². The molecule has 2 nitrogen and oxygen atoms in total. The first-order valence-corrected chi connectivity index (χ1v) is 2.97. The molecule has 0 saturated carbocycles. The maximum atomic E-state index is 12.4. The average Bonchev–Trinajstić information content (AvgIpc) is 1.83. The highest BCUT2D eigenvalue weighted by Crippen LogP contribution is 2.11. The van der Waals surface area contributed by atoms with Crippen molar-refractivity contribution in [3.63, 3.8) is 0 Å². The number of ether oxygens (including phenoxy) is 1. The molecule has 1 fully saturated rings. The molecule has 2 unspecified atom stereocenters. The van der Waals surface area contributed by atoms with Crippen LogP contribution in [0.3, 0.4) is 0 Å². The van der Waals surface area contributed by atoms with Crippen LogP contribution in [0, 0.1) is 5.92 Å². The largest absolute Gasteiger partial charge is 0.377 e. The van der Waals surface area contributed by atoms with Crippen molar-refractivity contribution in [3.8, 4) is 0 Å². The Bertz CT molecular complexity index is 112. The van der Waals surface area contributed by atoms with Gasteiger partial charge in [0.25, 0.3) is 0 Å². The molecule has 1 heterocycles. The number of alkyl halides is 1. The van der Waals surface area contributed by atoms with Crippen LogP contribution in [0.2, 0.25) is 0 Å². The van der Waals surface area contributed by atoms with Gasteiger partial charge in [0.1, 0.15) is 0 Å². The van der Waals surface area contributed by atoms with E-state index in [1.807, 2.05) is 0 Å². The van der Waals surface area contributed by atoms with Crippen LogP contribution in [0.5, 0.6) is 0 Å². The van der Waals surface area contributed by atoms with Crippen LogP contribution in [0.25, 0.3) is 0 Å². The lowest BCUT2D eigenvalue weighted by molar-refractivity contribution is -0.137. The summed E-state index contributed by atoms with van der Waals surface area (Å²) < 4.78 is 17.1. The van der Waals surface area contributed by atoms with Crippen molar-refractivity contribution in [2.75, 3.05) is 13.2 Å². The summed E-state index contributed by atoms with van der Waals surface area (Å²) in [6, 6.07) is 0. The highest BCUT2D eigenvalue weighted by Gasteiger charge is 2.28. The van der Waals surface area contributed by atoms with Gasteiger partial charge in [0.15, 0.2) is 12.0 Å². The first-order valence-electron chi connectivity index (χ1n) is 2.97. The number of hydrogen-bond donors (Lipinski definition) is 0. The van der Waals surface area contributed by atoms with Crippen LogP contribution in [0.4, 0.5) is 4.39 Å². The Morgan fingerprint density at radius 3 is 2.78 bits per heavy atom. The van der Waals surface area contributed by atoms with Crippen LogP contribution in [-0.2, 0) is 9.53 Å². The van der Waals surface area contributed by atoms with E-state index >= 15 is 0 Å². The SMILES string of the molecule is CC1COCC(F)C1=O. The summed E-state index contributed by atoms with van der Waals surface area (Å²) in [4.78, 5) is 10.7. The maximum absolute atomic E-state index is 12.4. The van der Waals surface area contributed by atoms with Gasteiger partial charge >= 0.3 is 0 Å². The van der Waals surface area contributed by atoms with Crippen LogP contribution in [-0.4, -0.2) is 25.2 Å². The molecular formula is C6H9FO2. The Hall–Kier alpha value is -0.440. The third kappa shape index (κ3) is 1.27. The number of carbonyl (C=O) groups is 1. The van der Waals surface area contributed by atoms with Crippen molar-refractivity contribution in [2.45, 2.75) is 13.1 Å². The third-order valence-electron chi connectivity index (χ3n) is 1.43. The molecule has 52 valence electrons. The summed E-state index contributed by atoms with van der Waals surface area (Å²) in [5, 5.41) is 0. The van der Waals surface area contributed by atoms with Gasteiger partial charge in [-0.3, -0.25) is 4.79 Å². The molecule has 0 bridgehead atoms. The van der Waals surface area contributed by atoms with Gasteiger partial charge in [-0.2, -0.15) is 0 Å². The third-order valence-corrected chi connectivity index (χ3v) is 1.43. The van der Waals surface area contributed by atoms with Crippen LogP contribution in [0.1, 0.15) is 6.92 Å². The van der Waals surface area contributed by atoms with Crippen molar-refractivity contribution in [3.05, 3.63) is 0 Å². The Morgan fingerprint density at radius 2 is 2.33 bits per heavy atom. The minimum Gasteiger partial charge on any atom is -0.377 e. The second kappa shape index (κ2) is 2.43. The van der Waals surface area contributed by atoms with E-state index in [0.29, 0.717) is 6.61 Å². The van der Waals surface area contributed by atoms with Gasteiger partial charge in [0.05, 0.1) is 13.2 Å². The molecule has 3 heteroatoms. The Kier molecular flexibility index (Phi) is 1.81. The van der Waals surface area contributed by atoms with Crippen molar-refractivity contribution in [1.82, 2.24) is 0 Å². The van der Waals surface area contributed by atoms with Crippen LogP contribution < -0.4 is 0 Å². The van der Waals surface area contributed by atoms with Gasteiger partial charge in [-0.15, -0.1) is 0 Å². The fourth-order valence-corrected chi connectivity index (χ4v) is 0.821. The number of hydrogen-bond acceptors (Lipinski definition) is 2. The highest BCUT2D eigenvalue weighted by atomic mass is 19.1. The Morgan fingerprint density at radius 1 is 1.67 bits per heavy atom. The molecule has 0 radical (unpaired) electrons. The Balaban J connectivity index is 2.52. The minimum absolute atomic E-state index is 0.0524. The zero-order valence-corrected chi connectivity index (χ0v) is 5.26. The van der Waals surface area contributed by atoms with E-state index in [-0.39, 0.29) is 18.3 Å². The van der Waals surface area contributed by atoms with E-state index in [1.165, 1.54) is 0 Å². The molecule has 0 amide bonds.